The Morgan fingerprint density at radius 2 is 2.15 bits per heavy atom. The predicted octanol–water partition coefficient (Wildman–Crippen LogP) is 2.13. The third-order valence-corrected chi connectivity index (χ3v) is 2.67. The first-order chi connectivity index (χ1) is 9.58. The third kappa shape index (κ3) is 4.91. The molecule has 1 rings (SSSR count). The Labute approximate surface area is 120 Å². The highest BCUT2D eigenvalue weighted by Crippen LogP contribution is 2.18. The standard InChI is InChI=1S/C15H23FN4/c1-5-9-18-15(17-6-2)19-11-12-7-8-14(20(3)4)13(16)10-12/h5,7-8,10H,1,6,9,11H2,2-4H3,(H2,17,18,19). The van der Waals surface area contributed by atoms with E-state index in [-0.39, 0.29) is 5.82 Å². The van der Waals surface area contributed by atoms with E-state index < -0.39 is 0 Å². The number of hydrogen-bond acceptors (Lipinski definition) is 2. The molecule has 4 nitrogen and oxygen atoms in total. The fourth-order valence-electron chi connectivity index (χ4n) is 1.69. The molecule has 0 saturated heterocycles. The zero-order valence-corrected chi connectivity index (χ0v) is 12.4. The van der Waals surface area contributed by atoms with Crippen LogP contribution in [0.3, 0.4) is 0 Å². The Kier molecular flexibility index (Phi) is 6.56. The van der Waals surface area contributed by atoms with Crippen molar-refractivity contribution in [2.75, 3.05) is 32.1 Å². The van der Waals surface area contributed by atoms with Gasteiger partial charge in [0.15, 0.2) is 5.96 Å². The van der Waals surface area contributed by atoms with E-state index in [0.717, 1.165) is 12.1 Å². The molecular weight excluding hydrogens is 255 g/mol. The van der Waals surface area contributed by atoms with Crippen LogP contribution >= 0.6 is 0 Å². The number of hydrogen-bond donors (Lipinski definition) is 2. The normalized spacial score (nSPS) is 11.1. The monoisotopic (exact) mass is 278 g/mol. The Hall–Kier alpha value is -2.04. The summed E-state index contributed by atoms with van der Waals surface area (Å²) < 4.78 is 13.8. The van der Waals surface area contributed by atoms with Crippen molar-refractivity contribution in [3.63, 3.8) is 0 Å². The number of halogens is 1. The summed E-state index contributed by atoms with van der Waals surface area (Å²) in [5, 5.41) is 6.22. The summed E-state index contributed by atoms with van der Waals surface area (Å²) in [5.41, 5.74) is 1.42. The van der Waals surface area contributed by atoms with Gasteiger partial charge >= 0.3 is 0 Å². The van der Waals surface area contributed by atoms with E-state index in [0.29, 0.717) is 24.7 Å². The van der Waals surface area contributed by atoms with Crippen molar-refractivity contribution in [3.8, 4) is 0 Å². The maximum atomic E-state index is 13.8. The second kappa shape index (κ2) is 8.19. The molecule has 0 saturated carbocycles. The highest BCUT2D eigenvalue weighted by atomic mass is 19.1. The van der Waals surface area contributed by atoms with Crippen LogP contribution in [-0.4, -0.2) is 33.1 Å². The molecule has 5 heteroatoms. The summed E-state index contributed by atoms with van der Waals surface area (Å²) in [6, 6.07) is 5.18. The molecule has 110 valence electrons. The summed E-state index contributed by atoms with van der Waals surface area (Å²) in [6.45, 7) is 7.49. The second-order valence-electron chi connectivity index (χ2n) is 4.54. The molecule has 0 amide bonds. The van der Waals surface area contributed by atoms with Crippen molar-refractivity contribution in [1.29, 1.82) is 0 Å². The Balaban J connectivity index is 2.75. The average molecular weight is 278 g/mol. The molecular formula is C15H23FN4. The fourth-order valence-corrected chi connectivity index (χ4v) is 1.69. The van der Waals surface area contributed by atoms with Crippen molar-refractivity contribution in [2.24, 2.45) is 4.99 Å². The number of rotatable bonds is 6. The molecule has 0 aromatic heterocycles. The lowest BCUT2D eigenvalue weighted by Crippen LogP contribution is -2.37. The molecule has 2 N–H and O–H groups in total. The highest BCUT2D eigenvalue weighted by molar-refractivity contribution is 5.79. The lowest BCUT2D eigenvalue weighted by molar-refractivity contribution is 0.624. The van der Waals surface area contributed by atoms with Crippen LogP contribution in [0.25, 0.3) is 0 Å². The maximum absolute atomic E-state index is 13.8. The van der Waals surface area contributed by atoms with Gasteiger partial charge in [0.05, 0.1) is 12.2 Å². The molecule has 0 fully saturated rings. The smallest absolute Gasteiger partial charge is 0.191 e. The molecule has 0 aliphatic carbocycles. The minimum atomic E-state index is -0.230. The Bertz CT molecular complexity index is 469. The molecule has 0 atom stereocenters. The van der Waals surface area contributed by atoms with Crippen molar-refractivity contribution >= 4 is 11.6 Å². The molecule has 0 radical (unpaired) electrons. The zero-order valence-electron chi connectivity index (χ0n) is 12.4. The second-order valence-corrected chi connectivity index (χ2v) is 4.54. The van der Waals surface area contributed by atoms with E-state index in [2.05, 4.69) is 22.2 Å². The van der Waals surface area contributed by atoms with Crippen molar-refractivity contribution in [2.45, 2.75) is 13.5 Å². The fraction of sp³-hybridized carbons (Fsp3) is 0.400. The van der Waals surface area contributed by atoms with Gasteiger partial charge in [-0.2, -0.15) is 0 Å². The summed E-state index contributed by atoms with van der Waals surface area (Å²) in [7, 11) is 3.64. The van der Waals surface area contributed by atoms with Crippen LogP contribution < -0.4 is 15.5 Å². The number of aliphatic imine (C=N–C) groups is 1. The van der Waals surface area contributed by atoms with Crippen LogP contribution in [0.2, 0.25) is 0 Å². The van der Waals surface area contributed by atoms with E-state index >= 15 is 0 Å². The van der Waals surface area contributed by atoms with Crippen LogP contribution in [0.4, 0.5) is 10.1 Å². The van der Waals surface area contributed by atoms with Crippen LogP contribution in [-0.2, 0) is 6.54 Å². The topological polar surface area (TPSA) is 39.7 Å². The zero-order chi connectivity index (χ0) is 15.0. The van der Waals surface area contributed by atoms with Gasteiger partial charge in [0.1, 0.15) is 5.82 Å². The molecule has 1 aromatic carbocycles. The molecule has 0 bridgehead atoms. The molecule has 0 heterocycles. The van der Waals surface area contributed by atoms with Gasteiger partial charge in [0.25, 0.3) is 0 Å². The van der Waals surface area contributed by atoms with Gasteiger partial charge in [0, 0.05) is 27.2 Å². The summed E-state index contributed by atoms with van der Waals surface area (Å²) in [5.74, 6) is 0.469. The first-order valence-corrected chi connectivity index (χ1v) is 6.67. The van der Waals surface area contributed by atoms with Gasteiger partial charge in [-0.15, -0.1) is 6.58 Å². The van der Waals surface area contributed by atoms with Gasteiger partial charge in [0.2, 0.25) is 0 Å². The lowest BCUT2D eigenvalue weighted by Gasteiger charge is -2.14. The predicted molar refractivity (Wildman–Crippen MR) is 83.7 cm³/mol. The first kappa shape index (κ1) is 16.0. The summed E-state index contributed by atoms with van der Waals surface area (Å²) in [6.07, 6.45) is 1.76. The van der Waals surface area contributed by atoms with Gasteiger partial charge in [-0.05, 0) is 24.6 Å². The minimum Gasteiger partial charge on any atom is -0.375 e. The highest BCUT2D eigenvalue weighted by Gasteiger charge is 2.05. The first-order valence-electron chi connectivity index (χ1n) is 6.67. The maximum Gasteiger partial charge on any atom is 0.191 e. The molecule has 0 aliphatic heterocycles. The van der Waals surface area contributed by atoms with Gasteiger partial charge in [-0.25, -0.2) is 9.38 Å². The SMILES string of the molecule is C=CCNC(=NCc1ccc(N(C)C)c(F)c1)NCC. The van der Waals surface area contributed by atoms with Crippen LogP contribution in [0, 0.1) is 5.82 Å². The summed E-state index contributed by atoms with van der Waals surface area (Å²) in [4.78, 5) is 6.15. The van der Waals surface area contributed by atoms with Gasteiger partial charge in [-0.1, -0.05) is 12.1 Å². The van der Waals surface area contributed by atoms with Gasteiger partial charge in [-0.3, -0.25) is 0 Å². The number of anilines is 1. The van der Waals surface area contributed by atoms with E-state index in [9.17, 15) is 4.39 Å². The number of nitrogens with zero attached hydrogens (tertiary/aromatic N) is 2. The van der Waals surface area contributed by atoms with Crippen molar-refractivity contribution in [3.05, 3.63) is 42.2 Å². The molecule has 20 heavy (non-hydrogen) atoms. The Morgan fingerprint density at radius 3 is 2.70 bits per heavy atom. The molecule has 0 spiro atoms. The van der Waals surface area contributed by atoms with Crippen LogP contribution in [0.15, 0.2) is 35.8 Å². The largest absolute Gasteiger partial charge is 0.375 e. The number of guanidine groups is 1. The Morgan fingerprint density at radius 1 is 1.40 bits per heavy atom. The van der Waals surface area contributed by atoms with E-state index in [1.165, 1.54) is 6.07 Å². The van der Waals surface area contributed by atoms with Crippen LogP contribution in [0.1, 0.15) is 12.5 Å². The van der Waals surface area contributed by atoms with Crippen molar-refractivity contribution in [1.82, 2.24) is 10.6 Å². The third-order valence-electron chi connectivity index (χ3n) is 2.67. The van der Waals surface area contributed by atoms with Crippen LogP contribution in [0.5, 0.6) is 0 Å². The van der Waals surface area contributed by atoms with Gasteiger partial charge < -0.3 is 15.5 Å². The van der Waals surface area contributed by atoms with E-state index in [4.69, 9.17) is 0 Å². The molecule has 0 unspecified atom stereocenters. The van der Waals surface area contributed by atoms with E-state index in [1.807, 2.05) is 27.1 Å². The summed E-state index contributed by atoms with van der Waals surface area (Å²) >= 11 is 0. The average Bonchev–Trinajstić information content (AvgIpc) is 2.41. The minimum absolute atomic E-state index is 0.230. The van der Waals surface area contributed by atoms with Crippen molar-refractivity contribution < 1.29 is 4.39 Å². The molecule has 1 aromatic rings. The quantitative estimate of drug-likeness (QED) is 0.476. The number of benzene rings is 1. The lowest BCUT2D eigenvalue weighted by atomic mass is 10.2. The number of nitrogens with one attached hydrogen (secondary N) is 2. The molecule has 0 aliphatic rings. The van der Waals surface area contributed by atoms with E-state index in [1.54, 1.807) is 17.0 Å².